The molecule has 0 saturated heterocycles. The number of aldehydes is 1. The first kappa shape index (κ1) is 7.41. The van der Waals surface area contributed by atoms with Gasteiger partial charge in [-0.2, -0.15) is 0 Å². The normalized spacial score (nSPS) is 12.5. The van der Waals surface area contributed by atoms with Crippen molar-refractivity contribution in [2.45, 2.75) is 20.8 Å². The molecular formula is C7H13O+. The standard InChI is InChI=1S/C7H13O/c1-4-5-8-6-7(2)3/h4-7H,1-3H3/q+1. The molecule has 0 amide bonds. The molecule has 0 heterocycles. The van der Waals surface area contributed by atoms with E-state index in [0.717, 1.165) is 0 Å². The Labute approximate surface area is 50.7 Å². The zero-order valence-corrected chi connectivity index (χ0v) is 5.72. The molecule has 0 bridgehead atoms. The van der Waals surface area contributed by atoms with Crippen molar-refractivity contribution in [3.63, 3.8) is 0 Å². The van der Waals surface area contributed by atoms with Gasteiger partial charge in [-0.15, -0.1) is 0 Å². The SMILES string of the molecule is CC=C[O+]=CC(C)C. The van der Waals surface area contributed by atoms with Crippen LogP contribution in [0.3, 0.4) is 0 Å². The van der Waals surface area contributed by atoms with Gasteiger partial charge < -0.3 is 0 Å². The summed E-state index contributed by atoms with van der Waals surface area (Å²) in [5, 5.41) is 0. The molecule has 0 fully saturated rings. The molecule has 46 valence electrons. The molecule has 0 unspecified atom stereocenters. The quantitative estimate of drug-likeness (QED) is 0.294. The zero-order chi connectivity index (χ0) is 6.41. The van der Waals surface area contributed by atoms with E-state index < -0.39 is 0 Å². The molecule has 1 nitrogen and oxygen atoms in total. The summed E-state index contributed by atoms with van der Waals surface area (Å²) >= 11 is 0. The number of rotatable bonds is 2. The predicted octanol–water partition coefficient (Wildman–Crippen LogP) is 1.91. The van der Waals surface area contributed by atoms with E-state index in [-0.39, 0.29) is 0 Å². The molecule has 0 saturated carbocycles. The smallest absolute Gasteiger partial charge is 0.229 e. The third-order valence-corrected chi connectivity index (χ3v) is 0.565. The molecule has 0 aromatic carbocycles. The van der Waals surface area contributed by atoms with E-state index in [4.69, 9.17) is 4.42 Å². The van der Waals surface area contributed by atoms with Crippen LogP contribution in [0.25, 0.3) is 0 Å². The maximum atomic E-state index is 4.94. The van der Waals surface area contributed by atoms with Crippen molar-refractivity contribution >= 4 is 6.29 Å². The van der Waals surface area contributed by atoms with E-state index in [1.54, 1.807) is 12.5 Å². The van der Waals surface area contributed by atoms with Crippen LogP contribution >= 0.6 is 0 Å². The monoisotopic (exact) mass is 113 g/mol. The molecule has 0 aliphatic rings. The fraction of sp³-hybridized carbons (Fsp3) is 0.571. The van der Waals surface area contributed by atoms with Gasteiger partial charge in [-0.3, -0.25) is 0 Å². The van der Waals surface area contributed by atoms with Gasteiger partial charge in [0, 0.05) is 6.08 Å². The Morgan fingerprint density at radius 2 is 2.00 bits per heavy atom. The van der Waals surface area contributed by atoms with E-state index in [2.05, 4.69) is 13.8 Å². The fourth-order valence-electron chi connectivity index (χ4n) is 0.281. The van der Waals surface area contributed by atoms with Crippen LogP contribution in [-0.4, -0.2) is 6.29 Å². The summed E-state index contributed by atoms with van der Waals surface area (Å²) in [5.74, 6) is 0.506. The number of hydrogen-bond donors (Lipinski definition) is 0. The molecule has 0 rings (SSSR count). The Bertz CT molecular complexity index is 90.6. The van der Waals surface area contributed by atoms with Gasteiger partial charge in [0.05, 0.1) is 5.92 Å². The summed E-state index contributed by atoms with van der Waals surface area (Å²) in [7, 11) is 0. The second kappa shape index (κ2) is 4.57. The van der Waals surface area contributed by atoms with Gasteiger partial charge in [0.25, 0.3) is 6.29 Å². The van der Waals surface area contributed by atoms with E-state index in [1.165, 1.54) is 0 Å². The Morgan fingerprint density at radius 1 is 1.38 bits per heavy atom. The van der Waals surface area contributed by atoms with Gasteiger partial charge in [-0.1, -0.05) is 13.8 Å². The van der Waals surface area contributed by atoms with Crippen molar-refractivity contribution in [2.24, 2.45) is 5.92 Å². The third kappa shape index (κ3) is 5.41. The molecule has 0 atom stereocenters. The molecule has 0 spiro atoms. The van der Waals surface area contributed by atoms with Crippen LogP contribution in [0.15, 0.2) is 12.3 Å². The van der Waals surface area contributed by atoms with Gasteiger partial charge in [0.15, 0.2) is 0 Å². The lowest BCUT2D eigenvalue weighted by molar-refractivity contribution is -0.369. The van der Waals surface area contributed by atoms with Crippen LogP contribution in [0.2, 0.25) is 0 Å². The largest absolute Gasteiger partial charge is 0.313 e. The summed E-state index contributed by atoms with van der Waals surface area (Å²) in [4.78, 5) is 0. The Hall–Kier alpha value is -0.590. The van der Waals surface area contributed by atoms with E-state index in [0.29, 0.717) is 5.92 Å². The Morgan fingerprint density at radius 3 is 2.38 bits per heavy atom. The molecule has 8 heavy (non-hydrogen) atoms. The molecule has 1 heteroatoms. The number of carbonyl (C=O) groups excluding carboxylic acids is 1. The Kier molecular flexibility index (Phi) is 4.23. The van der Waals surface area contributed by atoms with Gasteiger partial charge >= 0.3 is 6.26 Å². The minimum absolute atomic E-state index is 0.506. The van der Waals surface area contributed by atoms with E-state index in [9.17, 15) is 0 Å². The zero-order valence-electron chi connectivity index (χ0n) is 5.72. The average Bonchev–Trinajstić information content (AvgIpc) is 1.66. The first-order valence-electron chi connectivity index (χ1n) is 2.87. The molecule has 0 aromatic heterocycles. The summed E-state index contributed by atoms with van der Waals surface area (Å²) < 4.78 is 4.94. The lowest BCUT2D eigenvalue weighted by atomic mass is 10.3. The van der Waals surface area contributed by atoms with Crippen molar-refractivity contribution in [1.29, 1.82) is 0 Å². The van der Waals surface area contributed by atoms with Gasteiger partial charge in [0.1, 0.15) is 0 Å². The van der Waals surface area contributed by atoms with Crippen LogP contribution < -0.4 is 0 Å². The third-order valence-electron chi connectivity index (χ3n) is 0.565. The molecule has 0 aromatic rings. The number of hydrogen-bond acceptors (Lipinski definition) is 0. The van der Waals surface area contributed by atoms with E-state index in [1.807, 2.05) is 13.0 Å². The van der Waals surface area contributed by atoms with Crippen LogP contribution in [0.1, 0.15) is 20.8 Å². The maximum Gasteiger partial charge on any atom is 0.313 e. The summed E-state index contributed by atoms with van der Waals surface area (Å²) in [6, 6.07) is 0. The molecular weight excluding hydrogens is 100 g/mol. The summed E-state index contributed by atoms with van der Waals surface area (Å²) in [6.07, 6.45) is 5.32. The second-order valence-corrected chi connectivity index (χ2v) is 1.99. The fourth-order valence-corrected chi connectivity index (χ4v) is 0.281. The highest BCUT2D eigenvalue weighted by molar-refractivity contribution is 5.52. The van der Waals surface area contributed by atoms with Gasteiger partial charge in [0.2, 0.25) is 0 Å². The molecule has 0 N–H and O–H groups in total. The highest BCUT2D eigenvalue weighted by Crippen LogP contribution is 1.81. The van der Waals surface area contributed by atoms with Crippen molar-refractivity contribution in [2.75, 3.05) is 0 Å². The van der Waals surface area contributed by atoms with Crippen molar-refractivity contribution < 1.29 is 4.42 Å². The minimum Gasteiger partial charge on any atom is -0.229 e. The second-order valence-electron chi connectivity index (χ2n) is 1.99. The highest BCUT2D eigenvalue weighted by Gasteiger charge is 1.91. The number of allylic oxidation sites excluding steroid dienone is 1. The lowest BCUT2D eigenvalue weighted by Gasteiger charge is -1.76. The average molecular weight is 113 g/mol. The molecule has 0 aliphatic carbocycles. The summed E-state index contributed by atoms with van der Waals surface area (Å²) in [5.41, 5.74) is 0. The van der Waals surface area contributed by atoms with Crippen LogP contribution in [-0.2, 0) is 4.42 Å². The van der Waals surface area contributed by atoms with Crippen molar-refractivity contribution in [1.82, 2.24) is 0 Å². The van der Waals surface area contributed by atoms with Crippen LogP contribution in [0, 0.1) is 5.92 Å². The topological polar surface area (TPSA) is 11.3 Å². The predicted molar refractivity (Wildman–Crippen MR) is 35.7 cm³/mol. The van der Waals surface area contributed by atoms with Crippen LogP contribution in [0.4, 0.5) is 0 Å². The first-order chi connectivity index (χ1) is 3.77. The molecule has 0 aliphatic heterocycles. The van der Waals surface area contributed by atoms with E-state index >= 15 is 0 Å². The summed E-state index contributed by atoms with van der Waals surface area (Å²) in [6.45, 7) is 6.07. The lowest BCUT2D eigenvalue weighted by Crippen LogP contribution is -1.87. The van der Waals surface area contributed by atoms with Gasteiger partial charge in [-0.25, -0.2) is 4.42 Å². The maximum absolute atomic E-state index is 4.94. The Balaban J connectivity index is 3.34. The van der Waals surface area contributed by atoms with Crippen LogP contribution in [0.5, 0.6) is 0 Å². The highest BCUT2D eigenvalue weighted by atomic mass is 16.4. The van der Waals surface area contributed by atoms with Crippen molar-refractivity contribution in [3.05, 3.63) is 12.3 Å². The minimum atomic E-state index is 0.506. The molecule has 0 radical (unpaired) electrons. The van der Waals surface area contributed by atoms with Gasteiger partial charge in [-0.05, 0) is 6.92 Å². The van der Waals surface area contributed by atoms with Crippen molar-refractivity contribution in [3.8, 4) is 0 Å². The first-order valence-corrected chi connectivity index (χ1v) is 2.87.